The Labute approximate surface area is 103 Å². The first kappa shape index (κ1) is 12.7. The van der Waals surface area contributed by atoms with Crippen molar-refractivity contribution in [3.8, 4) is 0 Å². The molecule has 18 heavy (non-hydrogen) atoms. The van der Waals surface area contributed by atoms with Crippen molar-refractivity contribution in [2.75, 3.05) is 19.3 Å². The predicted octanol–water partition coefficient (Wildman–Crippen LogP) is -0.939. The lowest BCUT2D eigenvalue weighted by atomic mass is 9.91. The van der Waals surface area contributed by atoms with E-state index in [4.69, 9.17) is 5.11 Å². The van der Waals surface area contributed by atoms with Gasteiger partial charge in [-0.3, -0.25) is 0 Å². The zero-order valence-electron chi connectivity index (χ0n) is 9.44. The lowest BCUT2D eigenvalue weighted by Gasteiger charge is -2.44. The molecule has 1 aromatic heterocycles. The molecule has 0 aromatic carbocycles. The second-order valence-electron chi connectivity index (χ2n) is 4.17. The van der Waals surface area contributed by atoms with Gasteiger partial charge >= 0.3 is 6.09 Å². The zero-order valence-corrected chi connectivity index (χ0v) is 10.3. The van der Waals surface area contributed by atoms with Crippen molar-refractivity contribution in [1.82, 2.24) is 14.9 Å². The molecule has 0 radical (unpaired) electrons. The summed E-state index contributed by atoms with van der Waals surface area (Å²) in [6.07, 6.45) is 1.04. The summed E-state index contributed by atoms with van der Waals surface area (Å²) in [5.74, 6) is 0. The van der Waals surface area contributed by atoms with E-state index in [1.165, 1.54) is 12.3 Å². The van der Waals surface area contributed by atoms with Crippen LogP contribution in [0.1, 0.15) is 5.69 Å². The number of hydrogen-bond acceptors (Lipinski definition) is 6. The quantitative estimate of drug-likeness (QED) is 0.667. The van der Waals surface area contributed by atoms with Crippen LogP contribution in [0.2, 0.25) is 0 Å². The molecule has 2 N–H and O–H groups in total. The van der Waals surface area contributed by atoms with E-state index in [0.29, 0.717) is 0 Å². The summed E-state index contributed by atoms with van der Waals surface area (Å²) in [6.45, 7) is -0.273. The molecule has 1 amide bonds. The van der Waals surface area contributed by atoms with E-state index in [1.54, 1.807) is 0 Å². The number of hydrogen-bond donors (Lipinski definition) is 2. The number of rotatable bonds is 2. The zero-order chi connectivity index (χ0) is 13.6. The molecule has 9 heteroatoms. The van der Waals surface area contributed by atoms with E-state index < -0.39 is 21.5 Å². The summed E-state index contributed by atoms with van der Waals surface area (Å²) in [6, 6.07) is 1.37. The lowest BCUT2D eigenvalue weighted by molar-refractivity contribution is -0.0931. The molecule has 1 aliphatic rings. The Morgan fingerprint density at radius 3 is 2.61 bits per heavy atom. The topological polar surface area (TPSA) is 121 Å². The fraction of sp³-hybridized carbons (Fsp3) is 0.444. The third-order valence-corrected chi connectivity index (χ3v) is 3.48. The Hall–Kier alpha value is -1.74. The number of aromatic nitrogens is 2. The molecule has 8 nitrogen and oxygen atoms in total. The van der Waals surface area contributed by atoms with Gasteiger partial charge in [-0.2, -0.15) is 0 Å². The van der Waals surface area contributed by atoms with Gasteiger partial charge in [0.25, 0.3) is 0 Å². The van der Waals surface area contributed by atoms with Crippen molar-refractivity contribution < 1.29 is 23.4 Å². The van der Waals surface area contributed by atoms with E-state index in [9.17, 15) is 18.3 Å². The molecular formula is C9H11N3O5S. The molecule has 98 valence electrons. The third kappa shape index (κ3) is 2.14. The normalized spacial score (nSPS) is 18.2. The van der Waals surface area contributed by atoms with E-state index in [1.807, 2.05) is 0 Å². The van der Waals surface area contributed by atoms with Gasteiger partial charge in [-0.15, -0.1) is 0 Å². The number of nitrogens with zero attached hydrogens (tertiary/aromatic N) is 3. The maximum Gasteiger partial charge on any atom is 0.407 e. The Morgan fingerprint density at radius 1 is 1.50 bits per heavy atom. The van der Waals surface area contributed by atoms with Crippen molar-refractivity contribution in [1.29, 1.82) is 0 Å². The van der Waals surface area contributed by atoms with E-state index in [-0.39, 0.29) is 23.9 Å². The first-order valence-corrected chi connectivity index (χ1v) is 6.85. The summed E-state index contributed by atoms with van der Waals surface area (Å²) >= 11 is 0. The van der Waals surface area contributed by atoms with Gasteiger partial charge in [0, 0.05) is 12.5 Å². The van der Waals surface area contributed by atoms with Crippen LogP contribution in [-0.4, -0.2) is 58.9 Å². The van der Waals surface area contributed by atoms with Gasteiger partial charge in [0.2, 0.25) is 15.0 Å². The second kappa shape index (κ2) is 3.89. The molecule has 0 atom stereocenters. The van der Waals surface area contributed by atoms with Crippen molar-refractivity contribution in [2.45, 2.75) is 10.8 Å². The molecule has 0 spiro atoms. The van der Waals surface area contributed by atoms with Crippen LogP contribution in [0.4, 0.5) is 4.79 Å². The Morgan fingerprint density at radius 2 is 2.11 bits per heavy atom. The van der Waals surface area contributed by atoms with Gasteiger partial charge in [0.1, 0.15) is 5.60 Å². The fourth-order valence-corrected chi connectivity index (χ4v) is 2.18. The molecule has 0 aliphatic carbocycles. The van der Waals surface area contributed by atoms with Crippen molar-refractivity contribution in [3.63, 3.8) is 0 Å². The lowest BCUT2D eigenvalue weighted by Crippen LogP contribution is -2.61. The smallest absolute Gasteiger partial charge is 0.407 e. The maximum atomic E-state index is 11.3. The number of carboxylic acid groups (broad SMARTS) is 1. The standard InChI is InChI=1S/C9H11N3O5S/c1-18(16,17)7-10-3-2-6(11-7)9(15)4-12(5-9)8(13)14/h2-3,15H,4-5H2,1H3,(H,13,14). The van der Waals surface area contributed by atoms with Crippen LogP contribution in [0.25, 0.3) is 0 Å². The van der Waals surface area contributed by atoms with Gasteiger partial charge in [-0.25, -0.2) is 23.2 Å². The minimum atomic E-state index is -3.56. The molecule has 1 fully saturated rings. The number of amides is 1. The van der Waals surface area contributed by atoms with E-state index in [2.05, 4.69) is 9.97 Å². The molecule has 0 unspecified atom stereocenters. The Bertz CT molecular complexity index is 594. The molecule has 1 aliphatic heterocycles. The summed E-state index contributed by atoms with van der Waals surface area (Å²) in [5, 5.41) is 18.4. The van der Waals surface area contributed by atoms with Gasteiger partial charge in [-0.05, 0) is 6.07 Å². The van der Waals surface area contributed by atoms with Crippen LogP contribution in [-0.2, 0) is 15.4 Å². The molecule has 0 bridgehead atoms. The van der Waals surface area contributed by atoms with Gasteiger partial charge in [-0.1, -0.05) is 0 Å². The average molecular weight is 273 g/mol. The maximum absolute atomic E-state index is 11.3. The van der Waals surface area contributed by atoms with Gasteiger partial charge in [0.15, 0.2) is 0 Å². The predicted molar refractivity (Wildman–Crippen MR) is 58.6 cm³/mol. The molecule has 1 aromatic rings. The van der Waals surface area contributed by atoms with E-state index >= 15 is 0 Å². The van der Waals surface area contributed by atoms with Gasteiger partial charge in [0.05, 0.1) is 18.8 Å². The monoisotopic (exact) mass is 273 g/mol. The van der Waals surface area contributed by atoms with Crippen LogP contribution >= 0.6 is 0 Å². The number of β-amino-alcohol motifs (C(OH)–C–C–N with tert-alkyl or cyclic N) is 1. The van der Waals surface area contributed by atoms with Gasteiger partial charge < -0.3 is 15.1 Å². The highest BCUT2D eigenvalue weighted by Crippen LogP contribution is 2.30. The Kier molecular flexibility index (Phi) is 2.74. The highest BCUT2D eigenvalue weighted by atomic mass is 32.2. The number of aliphatic hydroxyl groups is 1. The van der Waals surface area contributed by atoms with Crippen LogP contribution in [0.3, 0.4) is 0 Å². The molecular weight excluding hydrogens is 262 g/mol. The summed E-state index contributed by atoms with van der Waals surface area (Å²) in [5.41, 5.74) is -1.34. The number of carbonyl (C=O) groups is 1. The van der Waals surface area contributed by atoms with Crippen molar-refractivity contribution in [2.24, 2.45) is 0 Å². The van der Waals surface area contributed by atoms with Crippen molar-refractivity contribution >= 4 is 15.9 Å². The minimum Gasteiger partial charge on any atom is -0.465 e. The molecule has 0 saturated carbocycles. The number of sulfone groups is 1. The average Bonchev–Trinajstić information content (AvgIpc) is 2.23. The highest BCUT2D eigenvalue weighted by molar-refractivity contribution is 7.90. The first-order chi connectivity index (χ1) is 8.22. The van der Waals surface area contributed by atoms with Crippen LogP contribution in [0, 0.1) is 0 Å². The third-order valence-electron chi connectivity index (χ3n) is 2.62. The molecule has 2 heterocycles. The molecule has 1 saturated heterocycles. The number of likely N-dealkylation sites (tertiary alicyclic amines) is 1. The van der Waals surface area contributed by atoms with Crippen LogP contribution < -0.4 is 0 Å². The van der Waals surface area contributed by atoms with Crippen molar-refractivity contribution in [3.05, 3.63) is 18.0 Å². The van der Waals surface area contributed by atoms with Crippen LogP contribution in [0.5, 0.6) is 0 Å². The Balaban J connectivity index is 2.29. The molecule has 2 rings (SSSR count). The SMILES string of the molecule is CS(=O)(=O)c1nccc(C2(O)CN(C(=O)O)C2)n1. The highest BCUT2D eigenvalue weighted by Gasteiger charge is 2.46. The summed E-state index contributed by atoms with van der Waals surface area (Å²) in [4.78, 5) is 19.0. The second-order valence-corrected chi connectivity index (χ2v) is 6.08. The largest absolute Gasteiger partial charge is 0.465 e. The minimum absolute atomic E-state index is 0.107. The summed E-state index contributed by atoms with van der Waals surface area (Å²) < 4.78 is 22.6. The van der Waals surface area contributed by atoms with E-state index in [0.717, 1.165) is 11.2 Å². The summed E-state index contributed by atoms with van der Waals surface area (Å²) in [7, 11) is -3.56. The van der Waals surface area contributed by atoms with Crippen LogP contribution in [0.15, 0.2) is 17.4 Å². The first-order valence-electron chi connectivity index (χ1n) is 4.96. The fourth-order valence-electron chi connectivity index (χ4n) is 1.66.